The van der Waals surface area contributed by atoms with E-state index in [1.807, 2.05) is 54.1 Å². The van der Waals surface area contributed by atoms with Crippen LogP contribution in [-0.2, 0) is 16.0 Å². The summed E-state index contributed by atoms with van der Waals surface area (Å²) in [5, 5.41) is 5.40. The largest absolute Gasteiger partial charge is 0.493 e. The number of nitrogens with zero attached hydrogens (tertiary/aromatic N) is 1. The fraction of sp³-hybridized carbons (Fsp3) is 0.304. The highest BCUT2D eigenvalue weighted by Gasteiger charge is 2.19. The Morgan fingerprint density at radius 2 is 1.71 bits per heavy atom. The molecule has 7 nitrogen and oxygen atoms in total. The number of benzene rings is 1. The van der Waals surface area contributed by atoms with E-state index in [-0.39, 0.29) is 12.5 Å². The monoisotopic (exact) mass is 442 g/mol. The molecule has 0 radical (unpaired) electrons. The van der Waals surface area contributed by atoms with Gasteiger partial charge in [-0.2, -0.15) is 0 Å². The summed E-state index contributed by atoms with van der Waals surface area (Å²) in [5.74, 6) is 0.429. The van der Waals surface area contributed by atoms with Crippen LogP contribution in [0.25, 0.3) is 5.00 Å². The van der Waals surface area contributed by atoms with Crippen molar-refractivity contribution in [3.05, 3.63) is 64.3 Å². The lowest BCUT2D eigenvalue weighted by Gasteiger charge is -2.11. The second kappa shape index (κ2) is 10.2. The molecule has 0 atom stereocenters. The summed E-state index contributed by atoms with van der Waals surface area (Å²) in [5.41, 5.74) is 3.50. The summed E-state index contributed by atoms with van der Waals surface area (Å²) < 4.78 is 17.8. The van der Waals surface area contributed by atoms with Crippen LogP contribution < -0.4 is 14.8 Å². The van der Waals surface area contributed by atoms with Gasteiger partial charge in [0.05, 0.1) is 19.8 Å². The molecule has 1 amide bonds. The van der Waals surface area contributed by atoms with E-state index in [1.54, 1.807) is 20.3 Å². The van der Waals surface area contributed by atoms with Crippen molar-refractivity contribution in [1.29, 1.82) is 0 Å². The Kier molecular flexibility index (Phi) is 7.36. The zero-order valence-corrected chi connectivity index (χ0v) is 18.9. The van der Waals surface area contributed by atoms with Gasteiger partial charge >= 0.3 is 5.97 Å². The van der Waals surface area contributed by atoms with Crippen molar-refractivity contribution in [1.82, 2.24) is 9.88 Å². The minimum absolute atomic E-state index is 0.330. The molecule has 0 aliphatic carbocycles. The van der Waals surface area contributed by atoms with Gasteiger partial charge in [0.2, 0.25) is 0 Å². The Hall–Kier alpha value is -3.26. The van der Waals surface area contributed by atoms with Crippen LogP contribution in [0.15, 0.2) is 41.8 Å². The number of thiophene rings is 1. The zero-order chi connectivity index (χ0) is 22.4. The van der Waals surface area contributed by atoms with Gasteiger partial charge < -0.3 is 24.1 Å². The number of carbonyl (C=O) groups is 2. The van der Waals surface area contributed by atoms with Crippen LogP contribution in [0.4, 0.5) is 0 Å². The molecule has 1 N–H and O–H groups in total. The molecule has 0 saturated heterocycles. The standard InChI is InChI=1S/C23H26N2O5S/c1-15-5-6-16(2)25(15)22-18(10-12-31-22)23(27)30-14-21(26)24-11-9-17-7-8-19(28-3)20(13-17)29-4/h5-8,10,12-13H,9,11,14H2,1-4H3,(H,24,26). The minimum atomic E-state index is -0.515. The van der Waals surface area contributed by atoms with Crippen molar-refractivity contribution >= 4 is 23.2 Å². The molecule has 0 fully saturated rings. The Bertz CT molecular complexity index is 1050. The summed E-state index contributed by atoms with van der Waals surface area (Å²) in [4.78, 5) is 24.7. The number of aryl methyl sites for hydroxylation is 2. The van der Waals surface area contributed by atoms with Crippen molar-refractivity contribution in [2.24, 2.45) is 0 Å². The van der Waals surface area contributed by atoms with Gasteiger partial charge in [-0.3, -0.25) is 4.79 Å². The van der Waals surface area contributed by atoms with Crippen LogP contribution in [0.5, 0.6) is 11.5 Å². The van der Waals surface area contributed by atoms with Crippen molar-refractivity contribution in [3.8, 4) is 16.5 Å². The number of hydrogen-bond donors (Lipinski definition) is 1. The number of carbonyl (C=O) groups excluding carboxylic acids is 2. The Morgan fingerprint density at radius 3 is 2.39 bits per heavy atom. The van der Waals surface area contributed by atoms with E-state index in [0.29, 0.717) is 30.0 Å². The lowest BCUT2D eigenvalue weighted by Crippen LogP contribution is -2.30. The molecule has 0 bridgehead atoms. The first-order valence-corrected chi connectivity index (χ1v) is 10.7. The first-order valence-electron chi connectivity index (χ1n) is 9.82. The number of methoxy groups -OCH3 is 2. The number of esters is 1. The van der Waals surface area contributed by atoms with Crippen LogP contribution in [0.3, 0.4) is 0 Å². The van der Waals surface area contributed by atoms with Crippen molar-refractivity contribution in [3.63, 3.8) is 0 Å². The number of ether oxygens (including phenoxy) is 3. The number of rotatable bonds is 9. The van der Waals surface area contributed by atoms with Gasteiger partial charge in [0.1, 0.15) is 5.00 Å². The van der Waals surface area contributed by atoms with Crippen LogP contribution in [0, 0.1) is 13.8 Å². The average molecular weight is 443 g/mol. The summed E-state index contributed by atoms with van der Waals surface area (Å²) in [7, 11) is 3.16. The maximum Gasteiger partial charge on any atom is 0.341 e. The third-order valence-electron chi connectivity index (χ3n) is 4.86. The molecule has 2 aromatic heterocycles. The molecule has 1 aromatic carbocycles. The van der Waals surface area contributed by atoms with Gasteiger partial charge in [-0.15, -0.1) is 11.3 Å². The summed E-state index contributed by atoms with van der Waals surface area (Å²) in [6.45, 7) is 4.04. The second-order valence-electron chi connectivity index (χ2n) is 6.96. The van der Waals surface area contributed by atoms with Crippen molar-refractivity contribution in [2.45, 2.75) is 20.3 Å². The predicted molar refractivity (Wildman–Crippen MR) is 120 cm³/mol. The van der Waals surface area contributed by atoms with Crippen LogP contribution in [0.2, 0.25) is 0 Å². The molecule has 0 aliphatic rings. The minimum Gasteiger partial charge on any atom is -0.493 e. The average Bonchev–Trinajstić information content (AvgIpc) is 3.37. The first kappa shape index (κ1) is 22.4. The molecule has 31 heavy (non-hydrogen) atoms. The highest BCUT2D eigenvalue weighted by molar-refractivity contribution is 7.13. The van der Waals surface area contributed by atoms with E-state index < -0.39 is 5.97 Å². The Morgan fingerprint density at radius 1 is 1.00 bits per heavy atom. The zero-order valence-electron chi connectivity index (χ0n) is 18.1. The van der Waals surface area contributed by atoms with Gasteiger partial charge in [-0.25, -0.2) is 4.79 Å². The first-order chi connectivity index (χ1) is 14.9. The molecule has 0 saturated carbocycles. The number of aromatic nitrogens is 1. The quantitative estimate of drug-likeness (QED) is 0.512. The lowest BCUT2D eigenvalue weighted by molar-refractivity contribution is -0.124. The predicted octanol–water partition coefficient (Wildman–Crippen LogP) is 3.69. The van der Waals surface area contributed by atoms with E-state index in [2.05, 4.69) is 5.32 Å². The number of hydrogen-bond acceptors (Lipinski definition) is 6. The Labute approximate surface area is 185 Å². The molecule has 3 aromatic rings. The molecule has 0 spiro atoms. The van der Waals surface area contributed by atoms with E-state index in [9.17, 15) is 9.59 Å². The highest BCUT2D eigenvalue weighted by atomic mass is 32.1. The third kappa shape index (κ3) is 5.27. The summed E-state index contributed by atoms with van der Waals surface area (Å²) in [6, 6.07) is 11.3. The van der Waals surface area contributed by atoms with Crippen LogP contribution in [-0.4, -0.2) is 43.8 Å². The van der Waals surface area contributed by atoms with Gasteiger partial charge in [0.15, 0.2) is 18.1 Å². The molecule has 2 heterocycles. The van der Waals surface area contributed by atoms with Crippen molar-refractivity contribution < 1.29 is 23.8 Å². The lowest BCUT2D eigenvalue weighted by atomic mass is 10.1. The summed E-state index contributed by atoms with van der Waals surface area (Å²) in [6.07, 6.45) is 0.612. The maximum atomic E-state index is 12.5. The van der Waals surface area contributed by atoms with Gasteiger partial charge in [-0.1, -0.05) is 6.07 Å². The van der Waals surface area contributed by atoms with E-state index in [1.165, 1.54) is 11.3 Å². The molecular formula is C23H26N2O5S. The van der Waals surface area contributed by atoms with E-state index >= 15 is 0 Å². The molecule has 0 aliphatic heterocycles. The van der Waals surface area contributed by atoms with Gasteiger partial charge in [-0.05, 0) is 61.5 Å². The molecule has 164 valence electrons. The second-order valence-corrected chi connectivity index (χ2v) is 7.85. The molecule has 8 heteroatoms. The summed E-state index contributed by atoms with van der Waals surface area (Å²) >= 11 is 1.46. The fourth-order valence-corrected chi connectivity index (χ4v) is 4.27. The third-order valence-corrected chi connectivity index (χ3v) is 5.76. The highest BCUT2D eigenvalue weighted by Crippen LogP contribution is 2.28. The number of nitrogens with one attached hydrogen (secondary N) is 1. The Balaban J connectivity index is 1.51. The van der Waals surface area contributed by atoms with Crippen molar-refractivity contribution in [2.75, 3.05) is 27.4 Å². The normalized spacial score (nSPS) is 10.6. The van der Waals surface area contributed by atoms with Gasteiger partial charge in [0, 0.05) is 17.9 Å². The van der Waals surface area contributed by atoms with E-state index in [4.69, 9.17) is 14.2 Å². The molecule has 3 rings (SSSR count). The smallest absolute Gasteiger partial charge is 0.341 e. The molecule has 0 unspecified atom stereocenters. The maximum absolute atomic E-state index is 12.5. The van der Waals surface area contributed by atoms with Gasteiger partial charge in [0.25, 0.3) is 5.91 Å². The molecular weight excluding hydrogens is 416 g/mol. The fourth-order valence-electron chi connectivity index (χ4n) is 3.26. The number of amides is 1. The topological polar surface area (TPSA) is 78.8 Å². The SMILES string of the molecule is COc1ccc(CCNC(=O)COC(=O)c2ccsc2-n2c(C)ccc2C)cc1OC. The van der Waals surface area contributed by atoms with Crippen LogP contribution in [0.1, 0.15) is 27.3 Å². The van der Waals surface area contributed by atoms with Crippen LogP contribution >= 0.6 is 11.3 Å². The van der Waals surface area contributed by atoms with E-state index in [0.717, 1.165) is 22.0 Å².